The van der Waals surface area contributed by atoms with Crippen LogP contribution >= 0.6 is 0 Å². The van der Waals surface area contributed by atoms with Gasteiger partial charge in [-0.25, -0.2) is 9.18 Å². The summed E-state index contributed by atoms with van der Waals surface area (Å²) in [7, 11) is 0. The lowest BCUT2D eigenvalue weighted by molar-refractivity contribution is 0.0694. The minimum Gasteiger partial charge on any atom is -0.477 e. The first-order chi connectivity index (χ1) is 13.3. The van der Waals surface area contributed by atoms with Crippen molar-refractivity contribution in [2.24, 2.45) is 5.92 Å². The average Bonchev–Trinajstić information content (AvgIpc) is 2.66. The number of halogens is 1. The van der Waals surface area contributed by atoms with Crippen molar-refractivity contribution in [2.45, 2.75) is 51.7 Å². The second-order valence-electron chi connectivity index (χ2n) is 8.02. The number of pyridine rings is 1. The number of aliphatic hydroxyl groups is 1. The molecule has 2 aliphatic heterocycles. The van der Waals surface area contributed by atoms with Crippen LogP contribution in [-0.4, -0.2) is 39.9 Å². The van der Waals surface area contributed by atoms with Gasteiger partial charge < -0.3 is 19.7 Å². The molecule has 4 rings (SSSR count). The molecule has 2 aliphatic rings. The van der Waals surface area contributed by atoms with E-state index in [1.807, 2.05) is 23.3 Å². The Kier molecular flexibility index (Phi) is 4.65. The van der Waals surface area contributed by atoms with Crippen LogP contribution < -0.4 is 10.3 Å². The van der Waals surface area contributed by atoms with Crippen molar-refractivity contribution in [3.05, 3.63) is 39.4 Å². The summed E-state index contributed by atoms with van der Waals surface area (Å²) in [6.07, 6.45) is 3.79. The zero-order valence-corrected chi connectivity index (χ0v) is 16.1. The van der Waals surface area contributed by atoms with Crippen LogP contribution in [0.25, 0.3) is 10.9 Å². The first-order valence-electron chi connectivity index (χ1n) is 9.90. The van der Waals surface area contributed by atoms with E-state index in [0.717, 1.165) is 18.4 Å². The largest absolute Gasteiger partial charge is 0.477 e. The van der Waals surface area contributed by atoms with Gasteiger partial charge in [-0.1, -0.05) is 6.92 Å². The van der Waals surface area contributed by atoms with Crippen molar-refractivity contribution in [2.75, 3.05) is 18.0 Å². The number of benzene rings is 1. The molecule has 6 nitrogen and oxygen atoms in total. The molecule has 2 aromatic rings. The van der Waals surface area contributed by atoms with E-state index in [2.05, 4.69) is 0 Å². The van der Waals surface area contributed by atoms with E-state index in [4.69, 9.17) is 0 Å². The third-order valence-corrected chi connectivity index (χ3v) is 6.39. The maximum Gasteiger partial charge on any atom is 0.341 e. The summed E-state index contributed by atoms with van der Waals surface area (Å²) >= 11 is 0. The van der Waals surface area contributed by atoms with Crippen LogP contribution in [0.1, 0.15) is 55.1 Å². The van der Waals surface area contributed by atoms with Crippen molar-refractivity contribution in [1.82, 2.24) is 4.57 Å². The Morgan fingerprint density at radius 3 is 2.79 bits per heavy atom. The lowest BCUT2D eigenvalue weighted by Gasteiger charge is -2.39. The highest BCUT2D eigenvalue weighted by molar-refractivity contribution is 5.95. The molecule has 1 fully saturated rings. The highest BCUT2D eigenvalue weighted by Gasteiger charge is 2.32. The number of carboxylic acid groups (broad SMARTS) is 1. The van der Waals surface area contributed by atoms with Crippen LogP contribution in [0.4, 0.5) is 10.1 Å². The van der Waals surface area contributed by atoms with E-state index in [-0.39, 0.29) is 29.0 Å². The Labute approximate surface area is 162 Å². The van der Waals surface area contributed by atoms with Crippen LogP contribution in [0, 0.1) is 11.7 Å². The lowest BCUT2D eigenvalue weighted by atomic mass is 9.89. The Bertz CT molecular complexity index is 1020. The van der Waals surface area contributed by atoms with Gasteiger partial charge in [0.25, 0.3) is 0 Å². The number of piperidine rings is 1. The fourth-order valence-corrected chi connectivity index (χ4v) is 4.75. The van der Waals surface area contributed by atoms with Gasteiger partial charge in [0.1, 0.15) is 11.4 Å². The third-order valence-electron chi connectivity index (χ3n) is 6.39. The van der Waals surface area contributed by atoms with Gasteiger partial charge in [-0.05, 0) is 38.7 Å². The molecule has 0 bridgehead atoms. The van der Waals surface area contributed by atoms with Crippen LogP contribution in [0.5, 0.6) is 0 Å². The Morgan fingerprint density at radius 1 is 1.36 bits per heavy atom. The molecule has 1 saturated heterocycles. The molecule has 3 heterocycles. The topological polar surface area (TPSA) is 82.8 Å². The quantitative estimate of drug-likeness (QED) is 0.845. The van der Waals surface area contributed by atoms with Crippen LogP contribution in [0.15, 0.2) is 17.1 Å². The summed E-state index contributed by atoms with van der Waals surface area (Å²) in [5.74, 6) is -1.71. The Hall–Kier alpha value is -2.41. The van der Waals surface area contributed by atoms with Crippen molar-refractivity contribution < 1.29 is 19.4 Å². The van der Waals surface area contributed by atoms with Crippen molar-refractivity contribution in [3.63, 3.8) is 0 Å². The smallest absolute Gasteiger partial charge is 0.341 e. The van der Waals surface area contributed by atoms with Crippen molar-refractivity contribution >= 4 is 22.6 Å². The maximum atomic E-state index is 15.2. The van der Waals surface area contributed by atoms with E-state index in [9.17, 15) is 19.8 Å². The van der Waals surface area contributed by atoms with E-state index < -0.39 is 17.2 Å². The highest BCUT2D eigenvalue weighted by Crippen LogP contribution is 2.39. The molecule has 28 heavy (non-hydrogen) atoms. The minimum absolute atomic E-state index is 0.0265. The molecule has 150 valence electrons. The summed E-state index contributed by atoms with van der Waals surface area (Å²) in [4.78, 5) is 26.2. The van der Waals surface area contributed by atoms with Gasteiger partial charge in [-0.15, -0.1) is 0 Å². The fraction of sp³-hybridized carbons (Fsp3) is 0.524. The van der Waals surface area contributed by atoms with Gasteiger partial charge in [0, 0.05) is 42.2 Å². The number of aromatic nitrogens is 1. The highest BCUT2D eigenvalue weighted by atomic mass is 19.1. The van der Waals surface area contributed by atoms with Crippen molar-refractivity contribution in [3.8, 4) is 0 Å². The zero-order chi connectivity index (χ0) is 20.2. The van der Waals surface area contributed by atoms with E-state index in [1.165, 1.54) is 12.3 Å². The van der Waals surface area contributed by atoms with Gasteiger partial charge in [0.2, 0.25) is 5.43 Å². The third kappa shape index (κ3) is 2.80. The first kappa shape index (κ1) is 18.9. The average molecular weight is 388 g/mol. The number of rotatable bonds is 3. The van der Waals surface area contributed by atoms with Gasteiger partial charge in [0.15, 0.2) is 0 Å². The van der Waals surface area contributed by atoms with E-state index >= 15 is 4.39 Å². The summed E-state index contributed by atoms with van der Waals surface area (Å²) in [6, 6.07) is 1.22. The number of aromatic carboxylic acids is 1. The summed E-state index contributed by atoms with van der Waals surface area (Å²) in [5.41, 5.74) is 0.949. The van der Waals surface area contributed by atoms with E-state index in [1.54, 1.807) is 0 Å². The monoisotopic (exact) mass is 388 g/mol. The molecule has 3 atom stereocenters. The molecule has 2 N–H and O–H groups in total. The molecule has 0 spiro atoms. The van der Waals surface area contributed by atoms with Crippen LogP contribution in [0.2, 0.25) is 0 Å². The second kappa shape index (κ2) is 6.88. The molecule has 0 amide bonds. The van der Waals surface area contributed by atoms with Gasteiger partial charge in [0.05, 0.1) is 17.3 Å². The van der Waals surface area contributed by atoms with Gasteiger partial charge >= 0.3 is 5.97 Å². The predicted molar refractivity (Wildman–Crippen MR) is 105 cm³/mol. The number of carboxylic acids is 1. The Balaban J connectivity index is 1.96. The van der Waals surface area contributed by atoms with Gasteiger partial charge in [-0.2, -0.15) is 0 Å². The number of hydrogen-bond acceptors (Lipinski definition) is 4. The molecular weight excluding hydrogens is 363 g/mol. The molecule has 2 unspecified atom stereocenters. The SMILES string of the molecule is CCC1CN(c2c(F)cc3c(=O)c(C(=O)O)cn4c3c2CC[C@@H]4C)CCC1O. The summed E-state index contributed by atoms with van der Waals surface area (Å²) in [6.45, 7) is 5.12. The molecule has 0 aliphatic carbocycles. The number of nitrogens with zero attached hydrogens (tertiary/aromatic N) is 2. The number of aliphatic hydroxyl groups excluding tert-OH is 1. The first-order valence-corrected chi connectivity index (χ1v) is 9.90. The van der Waals surface area contributed by atoms with E-state index in [0.29, 0.717) is 37.1 Å². The molecule has 7 heteroatoms. The normalized spacial score (nSPS) is 24.6. The van der Waals surface area contributed by atoms with Crippen molar-refractivity contribution in [1.29, 1.82) is 0 Å². The Morgan fingerprint density at radius 2 is 2.11 bits per heavy atom. The van der Waals surface area contributed by atoms with Gasteiger partial charge in [-0.3, -0.25) is 4.79 Å². The minimum atomic E-state index is -1.30. The summed E-state index contributed by atoms with van der Waals surface area (Å²) in [5, 5.41) is 19.7. The van der Waals surface area contributed by atoms with Crippen LogP contribution in [-0.2, 0) is 6.42 Å². The van der Waals surface area contributed by atoms with Crippen LogP contribution in [0.3, 0.4) is 0 Å². The molecule has 1 aromatic carbocycles. The molecular formula is C21H25FN2O4. The second-order valence-corrected chi connectivity index (χ2v) is 8.02. The lowest BCUT2D eigenvalue weighted by Crippen LogP contribution is -2.44. The molecule has 1 aromatic heterocycles. The number of anilines is 1. The maximum absolute atomic E-state index is 15.2. The standard InChI is InChI=1S/C21H25FN2O4/c1-3-12-9-23(7-6-17(12)25)19-13-5-4-11(2)24-10-15(21(27)28)20(26)14(18(13)24)8-16(19)22/h8,10-12,17,25H,3-7,9H2,1-2H3,(H,27,28)/t11-,12?,17?/m0/s1. The number of carbonyl (C=O) groups is 1. The summed E-state index contributed by atoms with van der Waals surface area (Å²) < 4.78 is 17.1. The molecule has 0 saturated carbocycles. The zero-order valence-electron chi connectivity index (χ0n) is 16.1. The predicted octanol–water partition coefficient (Wildman–Crippen LogP) is 2.94. The number of hydrogen-bond donors (Lipinski definition) is 2. The molecule has 0 radical (unpaired) electrons. The number of aryl methyl sites for hydroxylation is 1. The fourth-order valence-electron chi connectivity index (χ4n) is 4.75.